The van der Waals surface area contributed by atoms with Crippen LogP contribution in [0.2, 0.25) is 0 Å². The van der Waals surface area contributed by atoms with E-state index in [4.69, 9.17) is 9.47 Å². The molecule has 6 heteroatoms. The molecule has 4 aliphatic carbocycles. The molecule has 0 saturated heterocycles. The van der Waals surface area contributed by atoms with Crippen LogP contribution in [0.4, 0.5) is 0 Å². The van der Waals surface area contributed by atoms with Gasteiger partial charge in [-0.15, -0.1) is 0 Å². The lowest BCUT2D eigenvalue weighted by Gasteiger charge is -2.53. The molecule has 1 aromatic carbocycles. The Balaban J connectivity index is 1.41. The van der Waals surface area contributed by atoms with Gasteiger partial charge >= 0.3 is 5.97 Å². The van der Waals surface area contributed by atoms with E-state index in [1.807, 2.05) is 45.3 Å². The highest BCUT2D eigenvalue weighted by Gasteiger charge is 2.63. The van der Waals surface area contributed by atoms with E-state index in [1.54, 1.807) is 11.4 Å². The first-order chi connectivity index (χ1) is 20.4. The van der Waals surface area contributed by atoms with Crippen molar-refractivity contribution in [3.8, 4) is 11.8 Å². The van der Waals surface area contributed by atoms with Crippen LogP contribution < -0.4 is 0 Å². The Bertz CT molecular complexity index is 1430. The number of ketones is 1. The van der Waals surface area contributed by atoms with Gasteiger partial charge in [-0.1, -0.05) is 36.5 Å². The van der Waals surface area contributed by atoms with Gasteiger partial charge in [0.05, 0.1) is 0 Å². The van der Waals surface area contributed by atoms with Crippen LogP contribution in [0.5, 0.6) is 0 Å². The smallest absolute Gasteiger partial charge is 0.332 e. The van der Waals surface area contributed by atoms with Gasteiger partial charge in [-0.05, 0) is 119 Å². The topological polar surface area (TPSA) is 72.8 Å². The van der Waals surface area contributed by atoms with E-state index in [1.165, 1.54) is 22.3 Å². The largest absolute Gasteiger partial charge is 0.458 e. The van der Waals surface area contributed by atoms with Gasteiger partial charge in [0.25, 0.3) is 0 Å². The molecule has 1 aromatic rings. The van der Waals surface area contributed by atoms with Crippen LogP contribution in [-0.4, -0.2) is 46.6 Å². The summed E-state index contributed by atoms with van der Waals surface area (Å²) in [6, 6.07) is 8.49. The Morgan fingerprint density at radius 3 is 2.65 bits per heavy atom. The number of allylic oxidation sites excluding steroid dienone is 5. The van der Waals surface area contributed by atoms with Gasteiger partial charge in [0.1, 0.15) is 24.4 Å². The van der Waals surface area contributed by atoms with Crippen LogP contribution in [0.1, 0.15) is 96.6 Å². The van der Waals surface area contributed by atoms with Crippen molar-refractivity contribution in [1.29, 1.82) is 0 Å². The molecule has 0 radical (unpaired) electrons. The standard InChI is InChI=1S/C37H45O5S/c1-6-20-43-24-37(40)18-17-32-30-15-13-27-21-28(38)14-16-29(27)34(30)31(22-36(32,37)5)26-11-9-25(10-12-26)8-7-19-41-23-33(39)42-35(2,3)4/h6,9-12,20-21,24,30-32,40H,13-19,22-23H2,1-5H3/q+1/b20-6-. The fourth-order valence-electron chi connectivity index (χ4n) is 7.91. The minimum atomic E-state index is -0.834. The number of hydrogen-bond donors (Lipinski definition) is 1. The van der Waals surface area contributed by atoms with Crippen molar-refractivity contribution < 1.29 is 24.2 Å². The molecule has 228 valence electrons. The normalized spacial score (nSPS) is 30.4. The second kappa shape index (κ2) is 12.6. The highest BCUT2D eigenvalue weighted by molar-refractivity contribution is 7.80. The molecule has 5 rings (SSSR count). The highest BCUT2D eigenvalue weighted by Crippen LogP contribution is 2.66. The monoisotopic (exact) mass is 601 g/mol. The Kier molecular flexibility index (Phi) is 9.28. The summed E-state index contributed by atoms with van der Waals surface area (Å²) >= 11 is 1.60. The number of carbonyl (C=O) groups excluding carboxylic acids is 2. The summed E-state index contributed by atoms with van der Waals surface area (Å²) in [6.07, 6.45) is 10.0. The molecule has 0 bridgehead atoms. The van der Waals surface area contributed by atoms with Crippen LogP contribution >= 0.6 is 0 Å². The summed E-state index contributed by atoms with van der Waals surface area (Å²) in [7, 11) is 0. The summed E-state index contributed by atoms with van der Waals surface area (Å²) in [4.78, 5) is 24.2. The number of benzene rings is 1. The molecule has 0 aliphatic heterocycles. The van der Waals surface area contributed by atoms with Crippen molar-refractivity contribution in [2.45, 2.75) is 96.7 Å². The van der Waals surface area contributed by atoms with Crippen molar-refractivity contribution in [3.63, 3.8) is 0 Å². The number of carbonyl (C=O) groups is 2. The maximum absolute atomic E-state index is 12.3. The molecular formula is C37H45O5S+. The third-order valence-corrected chi connectivity index (χ3v) is 10.7. The van der Waals surface area contributed by atoms with E-state index >= 15 is 0 Å². The van der Waals surface area contributed by atoms with Crippen LogP contribution in [-0.2, 0) is 30.4 Å². The number of ether oxygens (including phenoxy) is 2. The number of esters is 1. The molecule has 43 heavy (non-hydrogen) atoms. The maximum atomic E-state index is 12.3. The number of rotatable bonds is 6. The zero-order chi connectivity index (χ0) is 30.8. The zero-order valence-corrected chi connectivity index (χ0v) is 27.0. The van der Waals surface area contributed by atoms with E-state index in [-0.39, 0.29) is 30.3 Å². The third kappa shape index (κ3) is 6.65. The summed E-state index contributed by atoms with van der Waals surface area (Å²) < 4.78 is 10.7. The second-order valence-electron chi connectivity index (χ2n) is 13.7. The number of aliphatic hydroxyl groups is 1. The van der Waals surface area contributed by atoms with Crippen LogP contribution in [0.15, 0.2) is 58.5 Å². The van der Waals surface area contributed by atoms with E-state index in [0.717, 1.165) is 44.1 Å². The SMILES string of the molecule is C/C=C\[S+]=CC1(O)CCC2C3CCC4=CC(=O)CCC4=C3C(c3ccc(C#CCOCC(=O)OC(C)(C)C)cc3)CC21C. The fourth-order valence-corrected chi connectivity index (χ4v) is 8.76. The first-order valence-corrected chi connectivity index (χ1v) is 16.6. The van der Waals surface area contributed by atoms with Gasteiger partial charge in [-0.2, -0.15) is 0 Å². The van der Waals surface area contributed by atoms with Gasteiger partial charge in [-0.3, -0.25) is 4.79 Å². The molecule has 0 amide bonds. The zero-order valence-electron chi connectivity index (χ0n) is 26.2. The molecule has 2 saturated carbocycles. The van der Waals surface area contributed by atoms with Gasteiger partial charge in [0, 0.05) is 23.3 Å². The Hall–Kier alpha value is -2.85. The quantitative estimate of drug-likeness (QED) is 0.134. The van der Waals surface area contributed by atoms with Crippen molar-refractivity contribution in [1.82, 2.24) is 0 Å². The van der Waals surface area contributed by atoms with Crippen molar-refractivity contribution in [2.24, 2.45) is 17.3 Å². The van der Waals surface area contributed by atoms with Crippen molar-refractivity contribution in [3.05, 3.63) is 69.7 Å². The number of fused-ring (bicyclic) bond motifs is 4. The summed E-state index contributed by atoms with van der Waals surface area (Å²) in [6.45, 7) is 9.83. The minimum absolute atomic E-state index is 0.121. The Labute approximate surface area is 260 Å². The van der Waals surface area contributed by atoms with Gasteiger partial charge in [0.15, 0.2) is 11.2 Å². The lowest BCUT2D eigenvalue weighted by Crippen LogP contribution is -2.52. The predicted octanol–water partition coefficient (Wildman–Crippen LogP) is 6.45. The second-order valence-corrected chi connectivity index (χ2v) is 14.5. The van der Waals surface area contributed by atoms with Gasteiger partial charge in [-0.25, -0.2) is 4.79 Å². The van der Waals surface area contributed by atoms with Crippen LogP contribution in [0.25, 0.3) is 0 Å². The van der Waals surface area contributed by atoms with E-state index < -0.39 is 17.2 Å². The third-order valence-electron chi connectivity index (χ3n) is 9.79. The lowest BCUT2D eigenvalue weighted by atomic mass is 9.51. The van der Waals surface area contributed by atoms with E-state index in [0.29, 0.717) is 18.3 Å². The fraction of sp³-hybridized carbons (Fsp3) is 0.541. The van der Waals surface area contributed by atoms with E-state index in [9.17, 15) is 14.7 Å². The molecule has 5 unspecified atom stereocenters. The minimum Gasteiger partial charge on any atom is -0.458 e. The van der Waals surface area contributed by atoms with Gasteiger partial charge in [0.2, 0.25) is 16.7 Å². The van der Waals surface area contributed by atoms with Crippen molar-refractivity contribution in [2.75, 3.05) is 13.2 Å². The first kappa shape index (κ1) is 31.6. The average molecular weight is 602 g/mol. The summed E-state index contributed by atoms with van der Waals surface area (Å²) in [5.41, 5.74) is 4.70. The molecule has 2 fully saturated rings. The molecule has 0 heterocycles. The van der Waals surface area contributed by atoms with Crippen molar-refractivity contribution >= 4 is 28.5 Å². The summed E-state index contributed by atoms with van der Waals surface area (Å²) in [5, 5.41) is 16.3. The average Bonchev–Trinajstić information content (AvgIpc) is 3.21. The van der Waals surface area contributed by atoms with Crippen LogP contribution in [0, 0.1) is 29.1 Å². The first-order valence-electron chi connectivity index (χ1n) is 15.6. The maximum Gasteiger partial charge on any atom is 0.332 e. The molecule has 4 aliphatic rings. The van der Waals surface area contributed by atoms with Gasteiger partial charge < -0.3 is 14.6 Å². The molecule has 1 N–H and O–H groups in total. The molecule has 5 atom stereocenters. The van der Waals surface area contributed by atoms with Crippen LogP contribution in [0.3, 0.4) is 0 Å². The van der Waals surface area contributed by atoms with E-state index in [2.05, 4.69) is 48.4 Å². The lowest BCUT2D eigenvalue weighted by molar-refractivity contribution is -0.159. The summed E-state index contributed by atoms with van der Waals surface area (Å²) in [5.74, 6) is 7.02. The molecule has 0 spiro atoms. The predicted molar refractivity (Wildman–Crippen MR) is 173 cm³/mol. The Morgan fingerprint density at radius 2 is 1.93 bits per heavy atom. The molecule has 0 aromatic heterocycles. The highest BCUT2D eigenvalue weighted by atomic mass is 32.1. The Morgan fingerprint density at radius 1 is 1.16 bits per heavy atom. The molecule has 5 nitrogen and oxygen atoms in total. The number of hydrogen-bond acceptors (Lipinski definition) is 5. The molecular weight excluding hydrogens is 556 g/mol.